The Morgan fingerprint density at radius 2 is 1.96 bits per heavy atom. The Bertz CT molecular complexity index is 784. The molecule has 0 saturated heterocycles. The van der Waals surface area contributed by atoms with Crippen LogP contribution in [0.2, 0.25) is 0 Å². The van der Waals surface area contributed by atoms with Crippen LogP contribution in [0.4, 0.5) is 0 Å². The molecule has 0 fully saturated rings. The number of fused-ring (bicyclic) bond motifs is 3. The maximum atomic E-state index is 6.30. The first-order valence-corrected chi connectivity index (χ1v) is 8.44. The minimum atomic E-state index is -0.409. The van der Waals surface area contributed by atoms with Crippen molar-refractivity contribution in [1.82, 2.24) is 5.01 Å². The molecule has 4 rings (SSSR count). The van der Waals surface area contributed by atoms with Crippen LogP contribution < -0.4 is 9.47 Å². The number of hydrogen-bond acceptors (Lipinski definition) is 4. The van der Waals surface area contributed by atoms with E-state index in [1.807, 2.05) is 18.2 Å². The van der Waals surface area contributed by atoms with E-state index in [9.17, 15) is 0 Å². The van der Waals surface area contributed by atoms with E-state index in [0.29, 0.717) is 0 Å². The molecule has 0 spiro atoms. The number of para-hydroxylation sites is 1. The molecule has 2 atom stereocenters. The lowest BCUT2D eigenvalue weighted by molar-refractivity contribution is -0.108. The van der Waals surface area contributed by atoms with Gasteiger partial charge in [-0.1, -0.05) is 25.1 Å². The van der Waals surface area contributed by atoms with Crippen LogP contribution in [-0.2, 0) is 0 Å². The van der Waals surface area contributed by atoms with E-state index in [1.165, 1.54) is 5.56 Å². The predicted octanol–water partition coefficient (Wildman–Crippen LogP) is 4.36. The smallest absolute Gasteiger partial charge is 0.195 e. The second-order valence-electron chi connectivity index (χ2n) is 6.51. The molecule has 24 heavy (non-hydrogen) atoms. The highest BCUT2D eigenvalue weighted by molar-refractivity contribution is 6.02. The topological polar surface area (TPSA) is 34.1 Å². The van der Waals surface area contributed by atoms with Gasteiger partial charge in [-0.3, -0.25) is 0 Å². The van der Waals surface area contributed by atoms with E-state index >= 15 is 0 Å². The molecule has 2 aliphatic heterocycles. The minimum absolute atomic E-state index is 0.233. The van der Waals surface area contributed by atoms with Gasteiger partial charge in [0.1, 0.15) is 11.5 Å². The first-order valence-electron chi connectivity index (χ1n) is 8.44. The van der Waals surface area contributed by atoms with E-state index in [-0.39, 0.29) is 6.04 Å². The molecule has 0 saturated carbocycles. The van der Waals surface area contributed by atoms with Gasteiger partial charge in [0, 0.05) is 18.4 Å². The summed E-state index contributed by atoms with van der Waals surface area (Å²) in [5.41, 5.74) is 3.05. The third kappa shape index (κ3) is 2.25. The average molecular weight is 322 g/mol. The highest BCUT2D eigenvalue weighted by Crippen LogP contribution is 2.47. The summed E-state index contributed by atoms with van der Waals surface area (Å²) in [5, 5.41) is 7.09. The lowest BCUT2D eigenvalue weighted by atomic mass is 9.94. The van der Waals surface area contributed by atoms with Crippen molar-refractivity contribution in [2.24, 2.45) is 5.10 Å². The third-order valence-electron chi connectivity index (χ3n) is 5.08. The monoisotopic (exact) mass is 322 g/mol. The van der Waals surface area contributed by atoms with Crippen molar-refractivity contribution in [3.63, 3.8) is 0 Å². The van der Waals surface area contributed by atoms with Crippen molar-refractivity contribution in [1.29, 1.82) is 0 Å². The quantitative estimate of drug-likeness (QED) is 0.842. The van der Waals surface area contributed by atoms with Gasteiger partial charge in [-0.25, -0.2) is 5.01 Å². The van der Waals surface area contributed by atoms with Crippen LogP contribution in [0.1, 0.15) is 43.9 Å². The summed E-state index contributed by atoms with van der Waals surface area (Å²) in [6.45, 7) is 4.27. The summed E-state index contributed by atoms with van der Waals surface area (Å²) in [5.74, 6) is 1.84. The molecule has 0 bridgehead atoms. The molecular formula is C20H22N2O2. The molecule has 4 heteroatoms. The van der Waals surface area contributed by atoms with Crippen molar-refractivity contribution in [2.75, 3.05) is 7.11 Å². The van der Waals surface area contributed by atoms with Gasteiger partial charge < -0.3 is 9.47 Å². The van der Waals surface area contributed by atoms with Crippen molar-refractivity contribution in [3.8, 4) is 11.5 Å². The number of rotatable bonds is 3. The molecule has 0 radical (unpaired) electrons. The van der Waals surface area contributed by atoms with Crippen molar-refractivity contribution >= 4 is 5.71 Å². The van der Waals surface area contributed by atoms with E-state index < -0.39 is 5.72 Å². The molecule has 0 amide bonds. The van der Waals surface area contributed by atoms with Crippen LogP contribution in [0.15, 0.2) is 53.6 Å². The standard InChI is InChI=1S/C20H22N2O2/c1-4-20(2)22-18(16-7-5-6-8-19(16)24-20)13-17(21-22)14-9-11-15(23-3)12-10-14/h5-12,18H,4,13H2,1-3H3/t18-,20-/m0/s1. The van der Waals surface area contributed by atoms with Crippen molar-refractivity contribution in [3.05, 3.63) is 59.7 Å². The van der Waals surface area contributed by atoms with Gasteiger partial charge in [0.15, 0.2) is 5.72 Å². The Labute approximate surface area is 142 Å². The average Bonchev–Trinajstić information content (AvgIpc) is 3.08. The Morgan fingerprint density at radius 1 is 1.21 bits per heavy atom. The number of hydrazone groups is 1. The fourth-order valence-electron chi connectivity index (χ4n) is 3.51. The minimum Gasteiger partial charge on any atom is -0.497 e. The molecule has 4 nitrogen and oxygen atoms in total. The molecule has 0 aromatic heterocycles. The maximum absolute atomic E-state index is 6.30. The largest absolute Gasteiger partial charge is 0.497 e. The van der Waals surface area contributed by atoms with Gasteiger partial charge in [-0.2, -0.15) is 5.10 Å². The first-order chi connectivity index (χ1) is 11.6. The van der Waals surface area contributed by atoms with E-state index in [0.717, 1.165) is 35.6 Å². The first kappa shape index (κ1) is 15.1. The van der Waals surface area contributed by atoms with E-state index in [2.05, 4.69) is 49.2 Å². The van der Waals surface area contributed by atoms with Gasteiger partial charge in [0.05, 0.1) is 18.9 Å². The van der Waals surface area contributed by atoms with Crippen LogP contribution in [0.5, 0.6) is 11.5 Å². The molecule has 2 heterocycles. The second kappa shape index (κ2) is 5.55. The van der Waals surface area contributed by atoms with Gasteiger partial charge in [-0.05, 0) is 42.8 Å². The summed E-state index contributed by atoms with van der Waals surface area (Å²) in [6, 6.07) is 16.7. The number of methoxy groups -OCH3 is 1. The van der Waals surface area contributed by atoms with Crippen LogP contribution in [0.25, 0.3) is 0 Å². The lowest BCUT2D eigenvalue weighted by Crippen LogP contribution is -2.50. The van der Waals surface area contributed by atoms with Crippen LogP contribution in [0, 0.1) is 0 Å². The molecular weight excluding hydrogens is 300 g/mol. The van der Waals surface area contributed by atoms with Crippen LogP contribution in [0.3, 0.4) is 0 Å². The maximum Gasteiger partial charge on any atom is 0.195 e. The van der Waals surface area contributed by atoms with E-state index in [4.69, 9.17) is 14.6 Å². The number of ether oxygens (including phenoxy) is 2. The highest BCUT2D eigenvalue weighted by Gasteiger charge is 2.46. The molecule has 2 aliphatic rings. The molecule has 0 aliphatic carbocycles. The van der Waals surface area contributed by atoms with Gasteiger partial charge in [0.25, 0.3) is 0 Å². The number of nitrogens with zero attached hydrogens (tertiary/aromatic N) is 2. The predicted molar refractivity (Wildman–Crippen MR) is 94.5 cm³/mol. The summed E-state index contributed by atoms with van der Waals surface area (Å²) in [4.78, 5) is 0. The van der Waals surface area contributed by atoms with Crippen LogP contribution >= 0.6 is 0 Å². The fraction of sp³-hybridized carbons (Fsp3) is 0.350. The van der Waals surface area contributed by atoms with Gasteiger partial charge in [0.2, 0.25) is 0 Å². The van der Waals surface area contributed by atoms with Crippen LogP contribution in [-0.4, -0.2) is 23.6 Å². The Balaban J connectivity index is 1.73. The Morgan fingerprint density at radius 3 is 2.67 bits per heavy atom. The Hall–Kier alpha value is -2.49. The number of benzene rings is 2. The SMILES string of the molecule is CC[C@]1(C)Oc2ccccc2[C@@H]2CC(c3ccc(OC)cc3)=NN21. The zero-order valence-corrected chi connectivity index (χ0v) is 14.3. The third-order valence-corrected chi connectivity index (χ3v) is 5.08. The molecule has 124 valence electrons. The molecule has 2 aromatic rings. The fourth-order valence-corrected chi connectivity index (χ4v) is 3.51. The summed E-state index contributed by atoms with van der Waals surface area (Å²) in [7, 11) is 1.68. The summed E-state index contributed by atoms with van der Waals surface area (Å²) >= 11 is 0. The zero-order chi connectivity index (χ0) is 16.7. The Kier molecular flexibility index (Phi) is 3.48. The summed E-state index contributed by atoms with van der Waals surface area (Å²) < 4.78 is 11.6. The van der Waals surface area contributed by atoms with Crippen molar-refractivity contribution in [2.45, 2.75) is 38.5 Å². The normalized spacial score (nSPS) is 24.7. The van der Waals surface area contributed by atoms with Gasteiger partial charge in [-0.15, -0.1) is 0 Å². The summed E-state index contributed by atoms with van der Waals surface area (Å²) in [6.07, 6.45) is 1.76. The van der Waals surface area contributed by atoms with Gasteiger partial charge >= 0.3 is 0 Å². The number of hydrogen-bond donors (Lipinski definition) is 0. The van der Waals surface area contributed by atoms with Crippen molar-refractivity contribution < 1.29 is 9.47 Å². The van der Waals surface area contributed by atoms with E-state index in [1.54, 1.807) is 7.11 Å². The molecule has 0 N–H and O–H groups in total. The molecule has 0 unspecified atom stereocenters. The zero-order valence-electron chi connectivity index (χ0n) is 14.3. The lowest BCUT2D eigenvalue weighted by Gasteiger charge is -2.45. The molecule has 2 aromatic carbocycles. The second-order valence-corrected chi connectivity index (χ2v) is 6.51. The highest BCUT2D eigenvalue weighted by atomic mass is 16.5.